The first-order chi connectivity index (χ1) is 8.61. The van der Waals surface area contributed by atoms with Crippen LogP contribution in [0.1, 0.15) is 35.2 Å². The van der Waals surface area contributed by atoms with Crippen molar-refractivity contribution in [2.45, 2.75) is 44.4 Å². The van der Waals surface area contributed by atoms with Gasteiger partial charge in [-0.1, -0.05) is 15.9 Å². The van der Waals surface area contributed by atoms with Crippen LogP contribution in [0.15, 0.2) is 22.7 Å². The van der Waals surface area contributed by atoms with Crippen molar-refractivity contribution in [2.24, 2.45) is 0 Å². The Kier molecular flexibility index (Phi) is 3.16. The van der Waals surface area contributed by atoms with Crippen LogP contribution in [0, 0.1) is 6.92 Å². The van der Waals surface area contributed by atoms with Gasteiger partial charge in [0.2, 0.25) is 0 Å². The number of carbonyl (C=O) groups is 1. The van der Waals surface area contributed by atoms with Crippen LogP contribution in [0.4, 0.5) is 0 Å². The highest BCUT2D eigenvalue weighted by Gasteiger charge is 2.41. The second kappa shape index (κ2) is 4.67. The maximum atomic E-state index is 12.2. The van der Waals surface area contributed by atoms with Crippen LogP contribution in [-0.4, -0.2) is 24.2 Å². The molecule has 0 spiro atoms. The highest BCUT2D eigenvalue weighted by Crippen LogP contribution is 2.34. The molecular weight excluding hydrogens is 294 g/mol. The van der Waals surface area contributed by atoms with Crippen molar-refractivity contribution < 1.29 is 9.53 Å². The maximum absolute atomic E-state index is 12.2. The van der Waals surface area contributed by atoms with Crippen molar-refractivity contribution in [3.8, 4) is 0 Å². The summed E-state index contributed by atoms with van der Waals surface area (Å²) in [5, 5.41) is 3.10. The molecule has 3 nitrogen and oxygen atoms in total. The van der Waals surface area contributed by atoms with Gasteiger partial charge in [0.25, 0.3) is 5.91 Å². The summed E-state index contributed by atoms with van der Waals surface area (Å²) in [4.78, 5) is 12.2. The number of hydrogen-bond acceptors (Lipinski definition) is 2. The van der Waals surface area contributed by atoms with Gasteiger partial charge in [0.15, 0.2) is 0 Å². The van der Waals surface area contributed by atoms with Crippen molar-refractivity contribution in [3.05, 3.63) is 33.8 Å². The summed E-state index contributed by atoms with van der Waals surface area (Å²) >= 11 is 3.42. The Morgan fingerprint density at radius 3 is 2.83 bits per heavy atom. The number of ether oxygens (including phenoxy) is 1. The average Bonchev–Trinajstić information content (AvgIpc) is 2.89. The number of benzene rings is 1. The molecule has 2 fully saturated rings. The lowest BCUT2D eigenvalue weighted by Crippen LogP contribution is -2.41. The van der Waals surface area contributed by atoms with Crippen LogP contribution in [0.25, 0.3) is 0 Å². The van der Waals surface area contributed by atoms with Gasteiger partial charge in [0.05, 0.1) is 18.2 Å². The standard InChI is InChI=1S/C14H16BrNO2/c1-8-4-9(6-10(15)5-8)14(17)16-12-7-11-2-3-13(12)18-11/h4-6,11-13H,2-3,7H2,1H3,(H,16,17). The smallest absolute Gasteiger partial charge is 0.251 e. The van der Waals surface area contributed by atoms with E-state index < -0.39 is 0 Å². The molecule has 1 aromatic carbocycles. The van der Waals surface area contributed by atoms with Gasteiger partial charge in [0, 0.05) is 10.0 Å². The number of halogens is 1. The summed E-state index contributed by atoms with van der Waals surface area (Å²) in [5.41, 5.74) is 1.79. The van der Waals surface area contributed by atoms with Gasteiger partial charge >= 0.3 is 0 Å². The summed E-state index contributed by atoms with van der Waals surface area (Å²) in [6.07, 6.45) is 3.78. The number of nitrogens with one attached hydrogen (secondary N) is 1. The van der Waals surface area contributed by atoms with Gasteiger partial charge in [-0.25, -0.2) is 0 Å². The summed E-state index contributed by atoms with van der Waals surface area (Å²) in [6.45, 7) is 1.99. The van der Waals surface area contributed by atoms with E-state index >= 15 is 0 Å². The molecule has 2 aliphatic rings. The Hall–Kier alpha value is -0.870. The van der Waals surface area contributed by atoms with Crippen LogP contribution in [0.3, 0.4) is 0 Å². The fourth-order valence-electron chi connectivity index (χ4n) is 2.91. The molecule has 2 bridgehead atoms. The molecule has 1 amide bonds. The number of fused-ring (bicyclic) bond motifs is 2. The lowest BCUT2D eigenvalue weighted by molar-refractivity contribution is 0.0841. The van der Waals surface area contributed by atoms with Crippen LogP contribution in [0.2, 0.25) is 0 Å². The topological polar surface area (TPSA) is 38.3 Å². The highest BCUT2D eigenvalue weighted by molar-refractivity contribution is 9.10. The number of rotatable bonds is 2. The minimum Gasteiger partial charge on any atom is -0.373 e. The predicted molar refractivity (Wildman–Crippen MR) is 72.6 cm³/mol. The fourth-order valence-corrected chi connectivity index (χ4v) is 3.52. The van der Waals surface area contributed by atoms with Crippen LogP contribution >= 0.6 is 15.9 Å². The van der Waals surface area contributed by atoms with Gasteiger partial charge in [-0.3, -0.25) is 4.79 Å². The maximum Gasteiger partial charge on any atom is 0.251 e. The minimum absolute atomic E-state index is 0.000509. The number of hydrogen-bond donors (Lipinski definition) is 1. The molecule has 3 atom stereocenters. The molecule has 1 N–H and O–H groups in total. The molecule has 3 rings (SSSR count). The number of aryl methyl sites for hydroxylation is 1. The average molecular weight is 310 g/mol. The Morgan fingerprint density at radius 2 is 2.22 bits per heavy atom. The van der Waals surface area contributed by atoms with Gasteiger partial charge in [-0.15, -0.1) is 0 Å². The molecule has 0 aliphatic carbocycles. The lowest BCUT2D eigenvalue weighted by Gasteiger charge is -2.20. The van der Waals surface area contributed by atoms with Crippen molar-refractivity contribution in [1.82, 2.24) is 5.32 Å². The third kappa shape index (κ3) is 2.31. The van der Waals surface area contributed by atoms with Crippen molar-refractivity contribution in [3.63, 3.8) is 0 Å². The Morgan fingerprint density at radius 1 is 1.39 bits per heavy atom. The zero-order chi connectivity index (χ0) is 12.7. The first-order valence-corrected chi connectivity index (χ1v) is 7.14. The molecule has 1 aromatic rings. The van der Waals surface area contributed by atoms with E-state index in [4.69, 9.17) is 4.74 Å². The monoisotopic (exact) mass is 309 g/mol. The molecule has 96 valence electrons. The van der Waals surface area contributed by atoms with E-state index in [0.29, 0.717) is 11.7 Å². The summed E-state index contributed by atoms with van der Waals surface area (Å²) in [5.74, 6) is 0.000509. The molecule has 2 aliphatic heterocycles. The van der Waals surface area contributed by atoms with Crippen LogP contribution in [-0.2, 0) is 4.74 Å². The molecular formula is C14H16BrNO2. The minimum atomic E-state index is 0.000509. The second-order valence-corrected chi connectivity index (χ2v) is 6.12. The Labute approximate surface area is 115 Å². The van der Waals surface area contributed by atoms with Gasteiger partial charge in [-0.2, -0.15) is 0 Å². The first kappa shape index (κ1) is 12.2. The summed E-state index contributed by atoms with van der Waals surface area (Å²) in [7, 11) is 0. The molecule has 3 unspecified atom stereocenters. The van der Waals surface area contributed by atoms with Gasteiger partial charge in [0.1, 0.15) is 0 Å². The normalized spacial score (nSPS) is 29.6. The van der Waals surface area contributed by atoms with Gasteiger partial charge < -0.3 is 10.1 Å². The molecule has 2 saturated heterocycles. The van der Waals surface area contributed by atoms with Gasteiger partial charge in [-0.05, 0) is 49.9 Å². The van der Waals surface area contributed by atoms with E-state index in [1.807, 2.05) is 25.1 Å². The largest absolute Gasteiger partial charge is 0.373 e. The van der Waals surface area contributed by atoms with E-state index in [2.05, 4.69) is 21.2 Å². The molecule has 0 radical (unpaired) electrons. The molecule has 0 saturated carbocycles. The zero-order valence-electron chi connectivity index (χ0n) is 10.3. The quantitative estimate of drug-likeness (QED) is 0.912. The van der Waals surface area contributed by atoms with Crippen molar-refractivity contribution >= 4 is 21.8 Å². The third-order valence-corrected chi connectivity index (χ3v) is 4.18. The highest BCUT2D eigenvalue weighted by atomic mass is 79.9. The van der Waals surface area contributed by atoms with E-state index in [0.717, 1.165) is 29.3 Å². The van der Waals surface area contributed by atoms with Crippen molar-refractivity contribution in [1.29, 1.82) is 0 Å². The first-order valence-electron chi connectivity index (χ1n) is 6.35. The summed E-state index contributed by atoms with van der Waals surface area (Å²) < 4.78 is 6.69. The molecule has 0 aromatic heterocycles. The SMILES string of the molecule is Cc1cc(Br)cc(C(=O)NC2CC3CCC2O3)c1. The predicted octanol–water partition coefficient (Wildman–Crippen LogP) is 2.81. The Bertz CT molecular complexity index is 468. The molecule has 18 heavy (non-hydrogen) atoms. The fraction of sp³-hybridized carbons (Fsp3) is 0.500. The van der Waals surface area contributed by atoms with E-state index in [1.165, 1.54) is 0 Å². The number of amides is 1. The van der Waals surface area contributed by atoms with Crippen LogP contribution in [0.5, 0.6) is 0 Å². The van der Waals surface area contributed by atoms with Crippen LogP contribution < -0.4 is 5.32 Å². The summed E-state index contributed by atoms with van der Waals surface area (Å²) in [6, 6.07) is 5.96. The zero-order valence-corrected chi connectivity index (χ0v) is 11.9. The molecule has 4 heteroatoms. The molecule has 2 heterocycles. The lowest BCUT2D eigenvalue weighted by atomic mass is 9.95. The van der Waals surface area contributed by atoms with E-state index in [1.54, 1.807) is 0 Å². The van der Waals surface area contributed by atoms with Crippen molar-refractivity contribution in [2.75, 3.05) is 0 Å². The van der Waals surface area contributed by atoms with E-state index in [-0.39, 0.29) is 18.1 Å². The second-order valence-electron chi connectivity index (χ2n) is 5.21. The van der Waals surface area contributed by atoms with E-state index in [9.17, 15) is 4.79 Å². The third-order valence-electron chi connectivity index (χ3n) is 3.73. The number of carbonyl (C=O) groups excluding carboxylic acids is 1. The Balaban J connectivity index is 1.71.